The normalized spacial score (nSPS) is 18.6. The lowest BCUT2D eigenvalue weighted by atomic mass is 9.68. The van der Waals surface area contributed by atoms with Crippen molar-refractivity contribution in [2.45, 2.75) is 5.41 Å². The van der Waals surface area contributed by atoms with E-state index in [1.54, 1.807) is 0 Å². The third-order valence-electron chi connectivity index (χ3n) is 6.70. The van der Waals surface area contributed by atoms with Crippen molar-refractivity contribution >= 4 is 44.4 Å². The highest BCUT2D eigenvalue weighted by Crippen LogP contribution is 2.56. The topological polar surface area (TPSA) is 114 Å². The van der Waals surface area contributed by atoms with Crippen LogP contribution in [0, 0.1) is 11.3 Å². The number of nitrogens with one attached hydrogen (secondary N) is 1. The molecule has 0 radical (unpaired) electrons. The number of nitriles is 1. The quantitative estimate of drug-likeness (QED) is 0.274. The number of para-hydroxylation sites is 3. The molecule has 0 saturated carbocycles. The highest BCUT2D eigenvalue weighted by atomic mass is 16.5. The van der Waals surface area contributed by atoms with Gasteiger partial charge in [0.25, 0.3) is 0 Å². The number of carbonyl (C=O) groups excluding carboxylic acids is 1. The predicted molar refractivity (Wildman–Crippen MR) is 128 cm³/mol. The van der Waals surface area contributed by atoms with E-state index in [4.69, 9.17) is 20.4 Å². The Hall–Kier alpha value is -4.96. The Morgan fingerprint density at radius 1 is 0.882 bits per heavy atom. The third kappa shape index (κ3) is 2.07. The molecule has 1 spiro atoms. The first-order valence-corrected chi connectivity index (χ1v) is 10.8. The molecule has 160 valence electrons. The van der Waals surface area contributed by atoms with Gasteiger partial charge in [-0.1, -0.05) is 54.6 Å². The van der Waals surface area contributed by atoms with E-state index in [-0.39, 0.29) is 17.4 Å². The first-order chi connectivity index (χ1) is 16.6. The van der Waals surface area contributed by atoms with Crippen molar-refractivity contribution in [2.75, 3.05) is 5.32 Å². The zero-order chi connectivity index (χ0) is 23.0. The average molecular weight is 441 g/mol. The Morgan fingerprint density at radius 2 is 1.53 bits per heavy atom. The molecule has 7 nitrogen and oxygen atoms in total. The van der Waals surface area contributed by atoms with Crippen LogP contribution >= 0.6 is 0 Å². The standard InChI is InChI=1S/C27H15N5O2/c28-13-17-25(29)34-24-15-8-2-1-7-14(15)22-23(31-20-12-6-5-11-19(20)30-22)21(24)27(17)16-9-3-4-10-18(16)32-26(27)33/h1-12H,29H2,(H,32,33). The van der Waals surface area contributed by atoms with Gasteiger partial charge < -0.3 is 15.8 Å². The van der Waals surface area contributed by atoms with Crippen molar-refractivity contribution in [2.24, 2.45) is 5.73 Å². The average Bonchev–Trinajstić information content (AvgIpc) is 3.15. The number of fused-ring (bicyclic) bond motifs is 10. The lowest BCUT2D eigenvalue weighted by Gasteiger charge is -2.35. The minimum Gasteiger partial charge on any atom is -0.439 e. The van der Waals surface area contributed by atoms with Crippen LogP contribution in [0.25, 0.3) is 32.8 Å². The van der Waals surface area contributed by atoms with Gasteiger partial charge in [-0.3, -0.25) is 4.79 Å². The van der Waals surface area contributed by atoms with Crippen molar-refractivity contribution in [1.29, 1.82) is 5.26 Å². The van der Waals surface area contributed by atoms with Gasteiger partial charge in [0.05, 0.1) is 22.1 Å². The van der Waals surface area contributed by atoms with E-state index in [1.807, 2.05) is 72.8 Å². The number of nitrogens with two attached hydrogens (primary N) is 1. The van der Waals surface area contributed by atoms with E-state index < -0.39 is 5.41 Å². The SMILES string of the molecule is N#CC1=C(N)Oc2c(c3nc4ccccc4nc3c3ccccc23)C12C(=O)Nc1ccccc12. The molecule has 7 heteroatoms. The van der Waals surface area contributed by atoms with E-state index in [2.05, 4.69) is 11.4 Å². The molecule has 0 aliphatic carbocycles. The van der Waals surface area contributed by atoms with Gasteiger partial charge >= 0.3 is 0 Å². The predicted octanol–water partition coefficient (Wildman–Crippen LogP) is 4.26. The molecule has 34 heavy (non-hydrogen) atoms. The molecule has 4 aromatic carbocycles. The second kappa shape index (κ2) is 6.30. The first-order valence-electron chi connectivity index (χ1n) is 10.8. The summed E-state index contributed by atoms with van der Waals surface area (Å²) < 4.78 is 6.11. The van der Waals surface area contributed by atoms with Gasteiger partial charge in [-0.25, -0.2) is 9.97 Å². The Labute approximate surface area is 193 Å². The van der Waals surface area contributed by atoms with Crippen LogP contribution in [0.3, 0.4) is 0 Å². The van der Waals surface area contributed by atoms with Crippen LogP contribution in [0.4, 0.5) is 5.69 Å². The largest absolute Gasteiger partial charge is 0.439 e. The fourth-order valence-electron chi connectivity index (χ4n) is 5.31. The Balaban J connectivity index is 1.79. The number of amides is 1. The molecule has 2 aliphatic heterocycles. The van der Waals surface area contributed by atoms with Crippen LogP contribution in [0.15, 0.2) is 84.3 Å². The minimum atomic E-state index is -1.51. The molecule has 0 saturated heterocycles. The molecule has 3 N–H and O–H groups in total. The summed E-state index contributed by atoms with van der Waals surface area (Å²) in [5, 5.41) is 14.7. The van der Waals surface area contributed by atoms with Crippen molar-refractivity contribution in [3.8, 4) is 11.8 Å². The fraction of sp³-hybridized carbons (Fsp3) is 0.0370. The van der Waals surface area contributed by atoms with E-state index in [1.165, 1.54) is 0 Å². The van der Waals surface area contributed by atoms with Crippen molar-refractivity contribution in [3.05, 3.63) is 95.4 Å². The zero-order valence-electron chi connectivity index (χ0n) is 17.7. The number of hydrogen-bond donors (Lipinski definition) is 2. The maximum atomic E-state index is 13.9. The summed E-state index contributed by atoms with van der Waals surface area (Å²) in [6.45, 7) is 0. The van der Waals surface area contributed by atoms with Gasteiger partial charge in [-0.15, -0.1) is 0 Å². The summed E-state index contributed by atoms with van der Waals surface area (Å²) in [5.74, 6) is -0.0552. The molecule has 1 amide bonds. The van der Waals surface area contributed by atoms with Gasteiger partial charge in [-0.2, -0.15) is 5.26 Å². The number of aromatic nitrogens is 2. The molecule has 1 aromatic heterocycles. The molecule has 3 heterocycles. The smallest absolute Gasteiger partial charge is 0.245 e. The van der Waals surface area contributed by atoms with Gasteiger partial charge in [-0.05, 0) is 18.2 Å². The van der Waals surface area contributed by atoms with E-state index in [0.717, 1.165) is 16.3 Å². The molecular formula is C27H15N5O2. The molecule has 2 aliphatic rings. The molecule has 1 atom stereocenters. The van der Waals surface area contributed by atoms with Crippen LogP contribution in [-0.2, 0) is 10.2 Å². The molecule has 5 aromatic rings. The molecular weight excluding hydrogens is 426 g/mol. The maximum absolute atomic E-state index is 13.9. The molecule has 7 rings (SSSR count). The summed E-state index contributed by atoms with van der Waals surface area (Å²) in [6.07, 6.45) is 0. The number of ether oxygens (including phenoxy) is 1. The summed E-state index contributed by atoms with van der Waals surface area (Å²) in [6, 6.07) is 24.7. The Bertz CT molecular complexity index is 1820. The van der Waals surface area contributed by atoms with Crippen LogP contribution in [-0.4, -0.2) is 15.9 Å². The second-order valence-electron chi connectivity index (χ2n) is 8.36. The minimum absolute atomic E-state index is 0.0361. The van der Waals surface area contributed by atoms with Crippen LogP contribution in [0.2, 0.25) is 0 Å². The number of nitrogens with zero attached hydrogens (tertiary/aromatic N) is 3. The monoisotopic (exact) mass is 441 g/mol. The number of rotatable bonds is 0. The molecule has 0 fully saturated rings. The summed E-state index contributed by atoms with van der Waals surface area (Å²) >= 11 is 0. The number of hydrogen-bond acceptors (Lipinski definition) is 6. The van der Waals surface area contributed by atoms with Gasteiger partial charge in [0, 0.05) is 27.6 Å². The van der Waals surface area contributed by atoms with Crippen molar-refractivity contribution < 1.29 is 9.53 Å². The number of anilines is 1. The van der Waals surface area contributed by atoms with Crippen LogP contribution in [0.5, 0.6) is 5.75 Å². The number of carbonyl (C=O) groups is 1. The number of benzene rings is 4. The van der Waals surface area contributed by atoms with Gasteiger partial charge in [0.15, 0.2) is 0 Å². The van der Waals surface area contributed by atoms with Crippen molar-refractivity contribution in [3.63, 3.8) is 0 Å². The summed E-state index contributed by atoms with van der Waals surface area (Å²) in [5.41, 5.74) is 9.12. The van der Waals surface area contributed by atoms with Crippen LogP contribution < -0.4 is 15.8 Å². The lowest BCUT2D eigenvalue weighted by molar-refractivity contribution is -0.118. The van der Waals surface area contributed by atoms with E-state index in [9.17, 15) is 10.1 Å². The van der Waals surface area contributed by atoms with E-state index >= 15 is 0 Å². The molecule has 0 bridgehead atoms. The summed E-state index contributed by atoms with van der Waals surface area (Å²) in [7, 11) is 0. The Kier molecular flexibility index (Phi) is 3.45. The van der Waals surface area contributed by atoms with Crippen LogP contribution in [0.1, 0.15) is 11.1 Å². The zero-order valence-corrected chi connectivity index (χ0v) is 17.7. The lowest BCUT2D eigenvalue weighted by Crippen LogP contribution is -2.42. The fourth-order valence-corrected chi connectivity index (χ4v) is 5.31. The molecule has 1 unspecified atom stereocenters. The first kappa shape index (κ1) is 18.6. The van der Waals surface area contributed by atoms with E-state index in [0.29, 0.717) is 39.1 Å². The Morgan fingerprint density at radius 3 is 2.29 bits per heavy atom. The van der Waals surface area contributed by atoms with Gasteiger partial charge in [0.2, 0.25) is 11.8 Å². The van der Waals surface area contributed by atoms with Crippen molar-refractivity contribution in [1.82, 2.24) is 9.97 Å². The third-order valence-corrected chi connectivity index (χ3v) is 6.70. The summed E-state index contributed by atoms with van der Waals surface area (Å²) in [4.78, 5) is 23.8. The second-order valence-corrected chi connectivity index (χ2v) is 8.36. The highest BCUT2D eigenvalue weighted by molar-refractivity contribution is 6.19. The van der Waals surface area contributed by atoms with Gasteiger partial charge in [0.1, 0.15) is 22.8 Å². The highest BCUT2D eigenvalue weighted by Gasteiger charge is 2.58. The maximum Gasteiger partial charge on any atom is 0.245 e.